The first kappa shape index (κ1) is 23.1. The highest BCUT2D eigenvalue weighted by Crippen LogP contribution is 2.38. The van der Waals surface area contributed by atoms with Crippen molar-refractivity contribution < 1.29 is 33.0 Å². The van der Waals surface area contributed by atoms with Gasteiger partial charge in [-0.05, 0) is 61.8 Å². The number of ether oxygens (including phenoxy) is 2. The highest BCUT2D eigenvalue weighted by atomic mass is 19.3. The SMILES string of the molecule is CC(C)C(OC(=O)c1ccc(OC2(C(C)C)CCCCC2)cc1)C(F)(F)C(=O)O. The van der Waals surface area contributed by atoms with Crippen LogP contribution in [-0.2, 0) is 9.53 Å². The molecule has 1 saturated carbocycles. The number of aliphatic carboxylic acids is 1. The topological polar surface area (TPSA) is 72.8 Å². The lowest BCUT2D eigenvalue weighted by atomic mass is 9.77. The van der Waals surface area contributed by atoms with Crippen LogP contribution in [-0.4, -0.2) is 34.7 Å². The van der Waals surface area contributed by atoms with Crippen LogP contribution in [0.5, 0.6) is 5.75 Å². The van der Waals surface area contributed by atoms with Gasteiger partial charge in [0.1, 0.15) is 11.4 Å². The number of carbonyl (C=O) groups is 2. The minimum Gasteiger partial charge on any atom is -0.487 e. The van der Waals surface area contributed by atoms with Crippen molar-refractivity contribution >= 4 is 11.9 Å². The first-order chi connectivity index (χ1) is 13.5. The molecule has 0 bridgehead atoms. The van der Waals surface area contributed by atoms with Crippen molar-refractivity contribution in [3.8, 4) is 5.75 Å². The Hall–Kier alpha value is -2.18. The third-order valence-electron chi connectivity index (χ3n) is 5.65. The molecule has 0 radical (unpaired) electrons. The summed E-state index contributed by atoms with van der Waals surface area (Å²) in [6.45, 7) is 7.01. The fourth-order valence-electron chi connectivity index (χ4n) is 3.78. The monoisotopic (exact) mass is 412 g/mol. The number of rotatable bonds is 8. The summed E-state index contributed by atoms with van der Waals surface area (Å²) < 4.78 is 38.9. The number of esters is 1. The van der Waals surface area contributed by atoms with E-state index in [4.69, 9.17) is 14.6 Å². The molecule has 0 heterocycles. The summed E-state index contributed by atoms with van der Waals surface area (Å²) in [6, 6.07) is 6.14. The molecule has 1 aliphatic rings. The zero-order valence-electron chi connectivity index (χ0n) is 17.4. The third kappa shape index (κ3) is 5.25. The Balaban J connectivity index is 2.12. The summed E-state index contributed by atoms with van der Waals surface area (Å²) >= 11 is 0. The van der Waals surface area contributed by atoms with E-state index >= 15 is 0 Å². The van der Waals surface area contributed by atoms with Gasteiger partial charge in [0.15, 0.2) is 6.10 Å². The molecule has 1 aliphatic carbocycles. The molecule has 1 aromatic carbocycles. The van der Waals surface area contributed by atoms with Crippen LogP contribution in [0.3, 0.4) is 0 Å². The molecule has 0 spiro atoms. The molecule has 0 amide bonds. The van der Waals surface area contributed by atoms with E-state index in [1.165, 1.54) is 32.4 Å². The van der Waals surface area contributed by atoms with Crippen molar-refractivity contribution in [1.29, 1.82) is 0 Å². The highest BCUT2D eigenvalue weighted by Gasteiger charge is 2.51. The Morgan fingerprint density at radius 3 is 2.03 bits per heavy atom. The predicted octanol–water partition coefficient (Wildman–Crippen LogP) is 5.33. The lowest BCUT2D eigenvalue weighted by Crippen LogP contribution is -2.47. The molecule has 0 aliphatic heterocycles. The number of carboxylic acid groups (broad SMARTS) is 1. The van der Waals surface area contributed by atoms with Crippen LogP contribution in [0, 0.1) is 11.8 Å². The van der Waals surface area contributed by atoms with Gasteiger partial charge in [-0.25, -0.2) is 9.59 Å². The van der Waals surface area contributed by atoms with Crippen LogP contribution in [0.2, 0.25) is 0 Å². The normalized spacial score (nSPS) is 17.8. The molecule has 29 heavy (non-hydrogen) atoms. The highest BCUT2D eigenvalue weighted by molar-refractivity contribution is 5.90. The molecule has 5 nitrogen and oxygen atoms in total. The van der Waals surface area contributed by atoms with E-state index in [0.717, 1.165) is 25.7 Å². The molecule has 7 heteroatoms. The Morgan fingerprint density at radius 2 is 1.59 bits per heavy atom. The average molecular weight is 412 g/mol. The standard InChI is InChI=1S/C22H30F2O5/c1-14(2)18(22(23,24)20(26)27)28-19(25)16-8-10-17(11-9-16)29-21(15(3)4)12-6-5-7-13-21/h8-11,14-15,18H,5-7,12-13H2,1-4H3,(H,26,27). The number of hydrogen-bond donors (Lipinski definition) is 1. The molecule has 162 valence electrons. The first-order valence-corrected chi connectivity index (χ1v) is 10.1. The maximum atomic E-state index is 13.9. The van der Waals surface area contributed by atoms with Crippen LogP contribution in [0.4, 0.5) is 8.78 Å². The zero-order valence-corrected chi connectivity index (χ0v) is 17.4. The van der Waals surface area contributed by atoms with Gasteiger partial charge in [-0.15, -0.1) is 0 Å². The van der Waals surface area contributed by atoms with Crippen molar-refractivity contribution in [3.63, 3.8) is 0 Å². The van der Waals surface area contributed by atoms with Crippen LogP contribution < -0.4 is 4.74 Å². The van der Waals surface area contributed by atoms with Crippen molar-refractivity contribution in [1.82, 2.24) is 0 Å². The summed E-state index contributed by atoms with van der Waals surface area (Å²) in [5.74, 6) is -7.42. The van der Waals surface area contributed by atoms with E-state index in [0.29, 0.717) is 11.7 Å². The number of alkyl halides is 2. The average Bonchev–Trinajstić information content (AvgIpc) is 2.66. The Bertz CT molecular complexity index is 706. The second-order valence-corrected chi connectivity index (χ2v) is 8.40. The maximum Gasteiger partial charge on any atom is 0.378 e. The third-order valence-corrected chi connectivity index (χ3v) is 5.65. The molecule has 0 saturated heterocycles. The minimum atomic E-state index is -4.17. The second kappa shape index (κ2) is 9.09. The summed E-state index contributed by atoms with van der Waals surface area (Å²) in [6.07, 6.45) is 3.29. The molecule has 1 atom stereocenters. The Kier molecular flexibility index (Phi) is 7.25. The molecule has 1 unspecified atom stereocenters. The van der Waals surface area contributed by atoms with Crippen LogP contribution in [0.25, 0.3) is 0 Å². The van der Waals surface area contributed by atoms with Gasteiger partial charge in [0.25, 0.3) is 0 Å². The van der Waals surface area contributed by atoms with Gasteiger partial charge in [0, 0.05) is 0 Å². The van der Waals surface area contributed by atoms with E-state index in [1.807, 2.05) is 0 Å². The van der Waals surface area contributed by atoms with Crippen molar-refractivity contribution in [2.75, 3.05) is 0 Å². The number of carboxylic acids is 1. The molecule has 1 fully saturated rings. The largest absolute Gasteiger partial charge is 0.487 e. The molecule has 0 aromatic heterocycles. The van der Waals surface area contributed by atoms with Crippen molar-refractivity contribution in [3.05, 3.63) is 29.8 Å². The van der Waals surface area contributed by atoms with Gasteiger partial charge in [0.2, 0.25) is 0 Å². The van der Waals surface area contributed by atoms with Crippen molar-refractivity contribution in [2.24, 2.45) is 11.8 Å². The van der Waals surface area contributed by atoms with E-state index < -0.39 is 29.9 Å². The van der Waals surface area contributed by atoms with Crippen molar-refractivity contribution in [2.45, 2.75) is 77.4 Å². The Morgan fingerprint density at radius 1 is 1.03 bits per heavy atom. The lowest BCUT2D eigenvalue weighted by Gasteiger charge is -2.41. The first-order valence-electron chi connectivity index (χ1n) is 10.1. The van der Waals surface area contributed by atoms with Crippen LogP contribution >= 0.6 is 0 Å². The lowest BCUT2D eigenvalue weighted by molar-refractivity contribution is -0.187. The van der Waals surface area contributed by atoms with Crippen LogP contribution in [0.15, 0.2) is 24.3 Å². The van der Waals surface area contributed by atoms with Gasteiger partial charge in [-0.1, -0.05) is 34.1 Å². The summed E-state index contributed by atoms with van der Waals surface area (Å²) in [7, 11) is 0. The van der Waals surface area contributed by atoms with Gasteiger partial charge in [0.05, 0.1) is 5.56 Å². The van der Waals surface area contributed by atoms with E-state index in [1.54, 1.807) is 12.1 Å². The number of carbonyl (C=O) groups excluding carboxylic acids is 1. The zero-order chi connectivity index (χ0) is 21.8. The fraction of sp³-hybridized carbons (Fsp3) is 0.636. The van der Waals surface area contributed by atoms with Gasteiger partial charge in [-0.2, -0.15) is 8.78 Å². The quantitative estimate of drug-likeness (QED) is 0.585. The second-order valence-electron chi connectivity index (χ2n) is 8.40. The summed E-state index contributed by atoms with van der Waals surface area (Å²) in [4.78, 5) is 23.2. The number of hydrogen-bond acceptors (Lipinski definition) is 4. The van der Waals surface area contributed by atoms with E-state index in [-0.39, 0.29) is 11.2 Å². The van der Waals surface area contributed by atoms with Gasteiger partial charge in [-0.3, -0.25) is 0 Å². The molecular weight excluding hydrogens is 382 g/mol. The van der Waals surface area contributed by atoms with E-state index in [2.05, 4.69) is 13.8 Å². The van der Waals surface area contributed by atoms with Crippen LogP contribution in [0.1, 0.15) is 70.2 Å². The maximum absolute atomic E-state index is 13.9. The minimum absolute atomic E-state index is 0.0615. The fourth-order valence-corrected chi connectivity index (χ4v) is 3.78. The van der Waals surface area contributed by atoms with Gasteiger partial charge >= 0.3 is 17.9 Å². The molecule has 1 aromatic rings. The predicted molar refractivity (Wildman–Crippen MR) is 104 cm³/mol. The van der Waals surface area contributed by atoms with E-state index in [9.17, 15) is 18.4 Å². The smallest absolute Gasteiger partial charge is 0.378 e. The summed E-state index contributed by atoms with van der Waals surface area (Å²) in [5, 5.41) is 8.75. The molecular formula is C22H30F2O5. The molecule has 1 N–H and O–H groups in total. The Labute approximate surface area is 170 Å². The molecule has 2 rings (SSSR count). The summed E-state index contributed by atoms with van der Waals surface area (Å²) in [5.41, 5.74) is -0.182. The van der Waals surface area contributed by atoms with Gasteiger partial charge < -0.3 is 14.6 Å². The number of benzene rings is 1. The number of halogens is 2.